The minimum atomic E-state index is -0.906. The third-order valence-electron chi connectivity index (χ3n) is 2.29. The summed E-state index contributed by atoms with van der Waals surface area (Å²) in [5.41, 5.74) is 6.67. The summed E-state index contributed by atoms with van der Waals surface area (Å²) in [7, 11) is 0. The Kier molecular flexibility index (Phi) is 4.13. The molecule has 0 saturated carbocycles. The highest BCUT2D eigenvalue weighted by Crippen LogP contribution is 2.32. The standard InChI is InChI=1S/C13H10INO2S/c14-11-7-8(13(16)17)1-6-12(11)18-10-4-2-9(15)3-5-10/h1-7H,15H2,(H,16,17). The van der Waals surface area contributed by atoms with E-state index in [1.165, 1.54) is 0 Å². The maximum atomic E-state index is 10.8. The van der Waals surface area contributed by atoms with Crippen LogP contribution in [-0.4, -0.2) is 11.1 Å². The van der Waals surface area contributed by atoms with Crippen molar-refractivity contribution in [1.29, 1.82) is 0 Å². The van der Waals surface area contributed by atoms with Gasteiger partial charge in [-0.15, -0.1) is 0 Å². The molecule has 0 radical (unpaired) electrons. The molecule has 0 unspecified atom stereocenters. The monoisotopic (exact) mass is 371 g/mol. The SMILES string of the molecule is Nc1ccc(Sc2ccc(C(=O)O)cc2I)cc1. The highest BCUT2D eigenvalue weighted by Gasteiger charge is 2.07. The van der Waals surface area contributed by atoms with Gasteiger partial charge in [0.2, 0.25) is 0 Å². The van der Waals surface area contributed by atoms with Gasteiger partial charge in [0.25, 0.3) is 0 Å². The third-order valence-corrected chi connectivity index (χ3v) is 4.63. The first-order valence-corrected chi connectivity index (χ1v) is 7.02. The largest absolute Gasteiger partial charge is 0.478 e. The Labute approximate surface area is 123 Å². The van der Waals surface area contributed by atoms with Crippen LogP contribution in [0.3, 0.4) is 0 Å². The zero-order valence-electron chi connectivity index (χ0n) is 9.26. The molecule has 2 aromatic carbocycles. The van der Waals surface area contributed by atoms with Crippen molar-refractivity contribution in [2.75, 3.05) is 5.73 Å². The van der Waals surface area contributed by atoms with Gasteiger partial charge in [0, 0.05) is 19.0 Å². The lowest BCUT2D eigenvalue weighted by atomic mass is 10.2. The number of rotatable bonds is 3. The quantitative estimate of drug-likeness (QED) is 0.638. The molecule has 0 saturated heterocycles. The zero-order valence-corrected chi connectivity index (χ0v) is 12.2. The van der Waals surface area contributed by atoms with Crippen molar-refractivity contribution in [2.45, 2.75) is 9.79 Å². The molecule has 0 aliphatic heterocycles. The van der Waals surface area contributed by atoms with Crippen molar-refractivity contribution in [3.05, 3.63) is 51.6 Å². The molecule has 0 bridgehead atoms. The van der Waals surface area contributed by atoms with E-state index in [2.05, 4.69) is 22.6 Å². The first kappa shape index (κ1) is 13.2. The number of nitrogen functional groups attached to an aromatic ring is 1. The second kappa shape index (κ2) is 5.62. The van der Waals surface area contributed by atoms with E-state index in [4.69, 9.17) is 10.8 Å². The Balaban J connectivity index is 2.24. The molecule has 0 aromatic heterocycles. The van der Waals surface area contributed by atoms with E-state index in [1.807, 2.05) is 30.3 Å². The first-order chi connectivity index (χ1) is 8.56. The van der Waals surface area contributed by atoms with Gasteiger partial charge in [-0.3, -0.25) is 0 Å². The number of benzene rings is 2. The molecule has 0 aliphatic carbocycles. The average Bonchev–Trinajstić information content (AvgIpc) is 2.34. The fourth-order valence-electron chi connectivity index (χ4n) is 1.38. The molecule has 92 valence electrons. The molecule has 18 heavy (non-hydrogen) atoms. The van der Waals surface area contributed by atoms with Crippen LogP contribution >= 0.6 is 34.4 Å². The van der Waals surface area contributed by atoms with Gasteiger partial charge in [-0.1, -0.05) is 11.8 Å². The van der Waals surface area contributed by atoms with E-state index in [9.17, 15) is 4.79 Å². The molecule has 0 atom stereocenters. The molecule has 2 rings (SSSR count). The van der Waals surface area contributed by atoms with E-state index in [1.54, 1.807) is 23.9 Å². The van der Waals surface area contributed by atoms with Gasteiger partial charge >= 0.3 is 5.97 Å². The number of hydrogen-bond acceptors (Lipinski definition) is 3. The van der Waals surface area contributed by atoms with Crippen LogP contribution in [0.25, 0.3) is 0 Å². The van der Waals surface area contributed by atoms with Gasteiger partial charge in [-0.25, -0.2) is 4.79 Å². The summed E-state index contributed by atoms with van der Waals surface area (Å²) in [5.74, 6) is -0.906. The van der Waals surface area contributed by atoms with Crippen LogP contribution in [0.4, 0.5) is 5.69 Å². The maximum absolute atomic E-state index is 10.8. The van der Waals surface area contributed by atoms with E-state index < -0.39 is 5.97 Å². The molecule has 2 aromatic rings. The van der Waals surface area contributed by atoms with E-state index in [0.29, 0.717) is 5.56 Å². The molecular weight excluding hydrogens is 361 g/mol. The van der Waals surface area contributed by atoms with Crippen LogP contribution in [0.1, 0.15) is 10.4 Å². The van der Waals surface area contributed by atoms with Gasteiger partial charge in [-0.2, -0.15) is 0 Å². The van der Waals surface area contributed by atoms with Crippen molar-refractivity contribution in [3.63, 3.8) is 0 Å². The molecule has 5 heteroatoms. The van der Waals surface area contributed by atoms with Gasteiger partial charge < -0.3 is 10.8 Å². The molecular formula is C13H10INO2S. The van der Waals surface area contributed by atoms with Crippen LogP contribution < -0.4 is 5.73 Å². The lowest BCUT2D eigenvalue weighted by molar-refractivity contribution is 0.0696. The minimum Gasteiger partial charge on any atom is -0.478 e. The van der Waals surface area contributed by atoms with Crippen molar-refractivity contribution in [2.24, 2.45) is 0 Å². The third kappa shape index (κ3) is 3.17. The summed E-state index contributed by atoms with van der Waals surface area (Å²) in [6.45, 7) is 0. The van der Waals surface area contributed by atoms with E-state index in [-0.39, 0.29) is 0 Å². The normalized spacial score (nSPS) is 10.3. The zero-order chi connectivity index (χ0) is 13.1. The Morgan fingerprint density at radius 1 is 1.17 bits per heavy atom. The number of carboxylic acids is 1. The average molecular weight is 371 g/mol. The smallest absolute Gasteiger partial charge is 0.335 e. The molecule has 3 nitrogen and oxygen atoms in total. The number of carbonyl (C=O) groups is 1. The lowest BCUT2D eigenvalue weighted by Crippen LogP contribution is -1.96. The van der Waals surface area contributed by atoms with E-state index in [0.717, 1.165) is 19.0 Å². The molecule has 0 aliphatic rings. The van der Waals surface area contributed by atoms with Gasteiger partial charge in [-0.05, 0) is 65.1 Å². The fourth-order valence-corrected chi connectivity index (χ4v) is 3.04. The Hall–Kier alpha value is -1.21. The van der Waals surface area contributed by atoms with Crippen LogP contribution in [0, 0.1) is 3.57 Å². The minimum absolute atomic E-state index is 0.307. The summed E-state index contributed by atoms with van der Waals surface area (Å²) < 4.78 is 0.925. The Morgan fingerprint density at radius 2 is 1.83 bits per heavy atom. The maximum Gasteiger partial charge on any atom is 0.335 e. The molecule has 0 spiro atoms. The number of halogens is 1. The van der Waals surface area contributed by atoms with Crippen molar-refractivity contribution >= 4 is 46.0 Å². The van der Waals surface area contributed by atoms with Crippen LogP contribution in [0.5, 0.6) is 0 Å². The van der Waals surface area contributed by atoms with Crippen LogP contribution in [0.2, 0.25) is 0 Å². The molecule has 0 fully saturated rings. The predicted molar refractivity (Wildman–Crippen MR) is 81.1 cm³/mol. The topological polar surface area (TPSA) is 63.3 Å². The van der Waals surface area contributed by atoms with Gasteiger partial charge in [0.05, 0.1) is 5.56 Å². The summed E-state index contributed by atoms with van der Waals surface area (Å²) in [5, 5.41) is 8.90. The second-order valence-electron chi connectivity index (χ2n) is 3.62. The predicted octanol–water partition coefficient (Wildman–Crippen LogP) is 3.72. The fraction of sp³-hybridized carbons (Fsp3) is 0. The highest BCUT2D eigenvalue weighted by molar-refractivity contribution is 14.1. The number of aromatic carboxylic acids is 1. The molecule has 3 N–H and O–H groups in total. The van der Waals surface area contributed by atoms with Gasteiger partial charge in [0.1, 0.15) is 0 Å². The van der Waals surface area contributed by atoms with E-state index >= 15 is 0 Å². The molecule has 0 heterocycles. The van der Waals surface area contributed by atoms with Crippen LogP contribution in [0.15, 0.2) is 52.3 Å². The van der Waals surface area contributed by atoms with Crippen molar-refractivity contribution in [3.8, 4) is 0 Å². The second-order valence-corrected chi connectivity index (χ2v) is 5.90. The number of nitrogens with two attached hydrogens (primary N) is 1. The summed E-state index contributed by atoms with van der Waals surface area (Å²) in [4.78, 5) is 12.9. The van der Waals surface area contributed by atoms with Crippen molar-refractivity contribution < 1.29 is 9.90 Å². The highest BCUT2D eigenvalue weighted by atomic mass is 127. The van der Waals surface area contributed by atoms with Gasteiger partial charge in [0.15, 0.2) is 0 Å². The summed E-state index contributed by atoms with van der Waals surface area (Å²) in [6.07, 6.45) is 0. The van der Waals surface area contributed by atoms with Crippen LogP contribution in [-0.2, 0) is 0 Å². The Morgan fingerprint density at radius 3 is 2.39 bits per heavy atom. The number of hydrogen-bond donors (Lipinski definition) is 2. The summed E-state index contributed by atoms with van der Waals surface area (Å²) >= 11 is 3.73. The number of anilines is 1. The lowest BCUT2D eigenvalue weighted by Gasteiger charge is -2.05. The first-order valence-electron chi connectivity index (χ1n) is 5.12. The molecule has 0 amide bonds. The Bertz CT molecular complexity index is 584. The summed E-state index contributed by atoms with van der Waals surface area (Å²) in [6, 6.07) is 12.7. The number of carboxylic acid groups (broad SMARTS) is 1. The van der Waals surface area contributed by atoms with Crippen molar-refractivity contribution in [1.82, 2.24) is 0 Å².